The predicted octanol–water partition coefficient (Wildman–Crippen LogP) is 1.25. The van der Waals surface area contributed by atoms with Gasteiger partial charge in [0.15, 0.2) is 0 Å². The number of hydrogen-bond donors (Lipinski definition) is 1. The molecule has 0 bridgehead atoms. The number of hydrogen-bond acceptors (Lipinski definition) is 5. The first-order valence-corrected chi connectivity index (χ1v) is 6.42. The summed E-state index contributed by atoms with van der Waals surface area (Å²) in [6.07, 6.45) is 2.98. The first kappa shape index (κ1) is 14.0. The van der Waals surface area contributed by atoms with E-state index in [1.165, 1.54) is 0 Å². The maximum Gasteiger partial charge on any atom is 0.694 e. The van der Waals surface area contributed by atoms with Crippen molar-refractivity contribution >= 4 is 16.5 Å². The molecular weight excluding hydrogens is 230 g/mol. The molecule has 0 heterocycles. The molecule has 0 saturated carbocycles. The highest BCUT2D eigenvalue weighted by Gasteiger charge is 2.09. The number of unbranched alkanes of at least 4 members (excludes halogenated alkanes) is 3. The van der Waals surface area contributed by atoms with Gasteiger partial charge in [-0.25, -0.2) is 0 Å². The zero-order valence-corrected chi connectivity index (χ0v) is 9.41. The highest BCUT2D eigenvalue weighted by molar-refractivity contribution is 7.32. The molecular formula is C6H13O6P2+. The summed E-state index contributed by atoms with van der Waals surface area (Å²) in [4.78, 5) is 18.2. The van der Waals surface area contributed by atoms with Gasteiger partial charge in [0, 0.05) is 4.57 Å². The minimum Gasteiger partial charge on any atom is -0.566 e. The van der Waals surface area contributed by atoms with Crippen LogP contribution in [0.3, 0.4) is 0 Å². The highest BCUT2D eigenvalue weighted by Crippen LogP contribution is 2.15. The third-order valence-corrected chi connectivity index (χ3v) is 2.23. The van der Waals surface area contributed by atoms with Crippen molar-refractivity contribution < 1.29 is 28.0 Å². The molecule has 2 atom stereocenters. The van der Waals surface area contributed by atoms with Crippen LogP contribution in [-0.4, -0.2) is 18.1 Å². The topological polar surface area (TPSA) is 95.9 Å². The van der Waals surface area contributed by atoms with E-state index in [9.17, 15) is 14.0 Å². The fourth-order valence-corrected chi connectivity index (χ4v) is 1.40. The van der Waals surface area contributed by atoms with Gasteiger partial charge in [0.05, 0.1) is 0 Å². The first-order valence-electron chi connectivity index (χ1n) is 4.19. The van der Waals surface area contributed by atoms with Crippen LogP contribution in [0.1, 0.15) is 25.7 Å². The van der Waals surface area contributed by atoms with Crippen LogP contribution in [0, 0.1) is 0 Å². The van der Waals surface area contributed by atoms with E-state index < -0.39 is 16.5 Å². The number of rotatable bonds is 9. The van der Waals surface area contributed by atoms with E-state index >= 15 is 0 Å². The summed E-state index contributed by atoms with van der Waals surface area (Å²) in [5.74, 6) is 0. The fraction of sp³-hybridized carbons (Fsp3) is 1.00. The summed E-state index contributed by atoms with van der Waals surface area (Å²) in [7, 11) is -5.22. The minimum atomic E-state index is -2.73. The van der Waals surface area contributed by atoms with Crippen molar-refractivity contribution in [3.63, 3.8) is 0 Å². The third-order valence-electron chi connectivity index (χ3n) is 1.44. The van der Waals surface area contributed by atoms with Crippen molar-refractivity contribution in [2.24, 2.45) is 0 Å². The van der Waals surface area contributed by atoms with Crippen molar-refractivity contribution in [1.29, 1.82) is 0 Å². The second-order valence-corrected chi connectivity index (χ2v) is 3.98. The molecule has 1 N–H and O–H groups in total. The molecule has 0 aliphatic carbocycles. The van der Waals surface area contributed by atoms with Gasteiger partial charge in [-0.2, -0.15) is 0 Å². The highest BCUT2D eigenvalue weighted by atomic mass is 31.1. The van der Waals surface area contributed by atoms with E-state index in [-0.39, 0.29) is 13.2 Å². The van der Waals surface area contributed by atoms with Gasteiger partial charge in [0.25, 0.3) is 0 Å². The van der Waals surface area contributed by atoms with Crippen molar-refractivity contribution in [2.75, 3.05) is 13.2 Å². The second-order valence-electron chi connectivity index (χ2n) is 2.54. The Labute approximate surface area is 84.1 Å². The van der Waals surface area contributed by atoms with Gasteiger partial charge in [-0.1, -0.05) is 12.8 Å². The van der Waals surface area contributed by atoms with Crippen molar-refractivity contribution in [3.05, 3.63) is 0 Å². The summed E-state index contributed by atoms with van der Waals surface area (Å²) in [6.45, 7) is 0.455. The Morgan fingerprint density at radius 1 is 1.00 bits per heavy atom. The van der Waals surface area contributed by atoms with Crippen LogP contribution in [0.15, 0.2) is 0 Å². The Morgan fingerprint density at radius 3 is 1.93 bits per heavy atom. The summed E-state index contributed by atoms with van der Waals surface area (Å²) in [5, 5.41) is 0. The Kier molecular flexibility index (Phi) is 9.62. The zero-order valence-electron chi connectivity index (χ0n) is 7.63. The Bertz CT molecular complexity index is 165. The lowest BCUT2D eigenvalue weighted by Gasteiger charge is -1.95. The first-order chi connectivity index (χ1) is 6.63. The lowest BCUT2D eigenvalue weighted by atomic mass is 10.2. The summed E-state index contributed by atoms with van der Waals surface area (Å²) >= 11 is 0. The van der Waals surface area contributed by atoms with E-state index in [0.717, 1.165) is 12.8 Å². The average molecular weight is 243 g/mol. The molecule has 2 unspecified atom stereocenters. The van der Waals surface area contributed by atoms with Crippen LogP contribution >= 0.6 is 16.5 Å². The van der Waals surface area contributed by atoms with Crippen LogP contribution < -0.4 is 4.89 Å². The molecule has 0 radical (unpaired) electrons. The normalized spacial score (nSPS) is 12.7. The molecule has 14 heavy (non-hydrogen) atoms. The van der Waals surface area contributed by atoms with Gasteiger partial charge in [-0.15, -0.1) is 13.9 Å². The smallest absolute Gasteiger partial charge is 0.566 e. The Morgan fingerprint density at radius 2 is 1.50 bits per heavy atom. The summed E-state index contributed by atoms with van der Waals surface area (Å²) in [5.41, 5.74) is 0. The van der Waals surface area contributed by atoms with Gasteiger partial charge < -0.3 is 4.89 Å². The molecule has 0 aromatic carbocycles. The SMILES string of the molecule is O=[P+]([O-])OCCCCCCO[P+](=O)O. The van der Waals surface area contributed by atoms with Gasteiger partial charge in [0.1, 0.15) is 13.2 Å². The molecule has 82 valence electrons. The Hall–Kier alpha value is 0.0400. The molecule has 0 fully saturated rings. The predicted molar refractivity (Wildman–Crippen MR) is 47.8 cm³/mol. The minimum absolute atomic E-state index is 0.202. The van der Waals surface area contributed by atoms with E-state index in [4.69, 9.17) is 4.89 Å². The van der Waals surface area contributed by atoms with E-state index in [2.05, 4.69) is 9.05 Å². The Balaban J connectivity index is 2.99. The van der Waals surface area contributed by atoms with Crippen LogP contribution in [0.4, 0.5) is 0 Å². The molecule has 6 nitrogen and oxygen atoms in total. The van der Waals surface area contributed by atoms with Gasteiger partial charge >= 0.3 is 16.5 Å². The third kappa shape index (κ3) is 12.0. The quantitative estimate of drug-likeness (QED) is 0.483. The molecule has 0 aliphatic heterocycles. The summed E-state index contributed by atoms with van der Waals surface area (Å²) in [6, 6.07) is 0. The maximum absolute atomic E-state index is 10.0. The molecule has 0 aromatic rings. The summed E-state index contributed by atoms with van der Waals surface area (Å²) < 4.78 is 28.7. The maximum atomic E-state index is 10.0. The van der Waals surface area contributed by atoms with Crippen LogP contribution in [0.5, 0.6) is 0 Å². The fourth-order valence-electron chi connectivity index (χ4n) is 0.839. The van der Waals surface area contributed by atoms with Crippen LogP contribution in [-0.2, 0) is 18.2 Å². The van der Waals surface area contributed by atoms with Crippen LogP contribution in [0.2, 0.25) is 0 Å². The van der Waals surface area contributed by atoms with Gasteiger partial charge in [0.2, 0.25) is 0 Å². The van der Waals surface area contributed by atoms with Crippen LogP contribution in [0.25, 0.3) is 0 Å². The molecule has 0 saturated heterocycles. The van der Waals surface area contributed by atoms with Crippen molar-refractivity contribution in [2.45, 2.75) is 25.7 Å². The average Bonchev–Trinajstić information content (AvgIpc) is 2.08. The molecule has 0 aliphatic rings. The van der Waals surface area contributed by atoms with Crippen molar-refractivity contribution in [3.8, 4) is 0 Å². The zero-order chi connectivity index (χ0) is 10.8. The standard InChI is InChI=1S/C6H12O6P2/c7-13(8)11-5-3-1-2-4-6-12-14(9)10/h1-6H2/p+1. The van der Waals surface area contributed by atoms with E-state index in [1.54, 1.807) is 0 Å². The lowest BCUT2D eigenvalue weighted by molar-refractivity contribution is -0.185. The van der Waals surface area contributed by atoms with Gasteiger partial charge in [-0.05, 0) is 17.4 Å². The molecule has 0 amide bonds. The van der Waals surface area contributed by atoms with Gasteiger partial charge in [-0.3, -0.25) is 0 Å². The second kappa shape index (κ2) is 9.59. The molecule has 0 rings (SSSR count). The molecule has 8 heteroatoms. The molecule has 0 aromatic heterocycles. The van der Waals surface area contributed by atoms with Crippen molar-refractivity contribution in [1.82, 2.24) is 0 Å². The van der Waals surface area contributed by atoms with E-state index in [1.807, 2.05) is 0 Å². The molecule has 0 spiro atoms. The van der Waals surface area contributed by atoms with E-state index in [0.29, 0.717) is 12.8 Å². The monoisotopic (exact) mass is 243 g/mol. The largest absolute Gasteiger partial charge is 0.694 e. The lowest BCUT2D eigenvalue weighted by Crippen LogP contribution is -1.94.